The molecule has 0 bridgehead atoms. The molecular formula is C11H15Br2NO3S2. The van der Waals surface area contributed by atoms with Crippen molar-refractivity contribution in [1.82, 2.24) is 4.31 Å². The molecule has 0 N–H and O–H groups in total. The highest BCUT2D eigenvalue weighted by Crippen LogP contribution is 2.32. The number of hydrogen-bond donors (Lipinski definition) is 0. The minimum atomic E-state index is -3.43. The van der Waals surface area contributed by atoms with Gasteiger partial charge in [-0.25, -0.2) is 8.42 Å². The number of rotatable bonds is 3. The Morgan fingerprint density at radius 1 is 1.53 bits per heavy atom. The number of alkyl halides is 1. The van der Waals surface area contributed by atoms with Crippen LogP contribution in [0, 0.1) is 6.92 Å². The van der Waals surface area contributed by atoms with Gasteiger partial charge in [0.1, 0.15) is 0 Å². The van der Waals surface area contributed by atoms with Gasteiger partial charge in [0.05, 0.1) is 20.9 Å². The summed E-state index contributed by atoms with van der Waals surface area (Å²) in [6, 6.07) is 1.68. The highest BCUT2D eigenvalue weighted by molar-refractivity contribution is 9.11. The van der Waals surface area contributed by atoms with Gasteiger partial charge in [-0.05, 0) is 35.8 Å². The third-order valence-electron chi connectivity index (χ3n) is 2.92. The molecule has 2 unspecified atom stereocenters. The number of sulfonamides is 1. The van der Waals surface area contributed by atoms with E-state index in [0.29, 0.717) is 23.3 Å². The topological polar surface area (TPSA) is 46.6 Å². The minimum absolute atomic E-state index is 0.0894. The predicted octanol–water partition coefficient (Wildman–Crippen LogP) is 2.99. The van der Waals surface area contributed by atoms with Gasteiger partial charge >= 0.3 is 0 Å². The lowest BCUT2D eigenvalue weighted by molar-refractivity contribution is -0.0411. The molecule has 2 heterocycles. The molecule has 0 radical (unpaired) electrons. The summed E-state index contributed by atoms with van der Waals surface area (Å²) >= 11 is 8.13. The average Bonchev–Trinajstić information content (AvgIpc) is 2.68. The van der Waals surface area contributed by atoms with Gasteiger partial charge in [0, 0.05) is 23.3 Å². The van der Waals surface area contributed by atoms with Gasteiger partial charge in [0.25, 0.3) is 0 Å². The van der Waals surface area contributed by atoms with E-state index in [2.05, 4.69) is 31.9 Å². The second kappa shape index (κ2) is 6.11. The summed E-state index contributed by atoms with van der Waals surface area (Å²) in [7, 11) is -3.43. The molecule has 1 aliphatic heterocycles. The van der Waals surface area contributed by atoms with Crippen LogP contribution in [-0.4, -0.2) is 43.4 Å². The Morgan fingerprint density at radius 3 is 2.74 bits per heavy atom. The molecule has 2 atom stereocenters. The van der Waals surface area contributed by atoms with E-state index in [1.165, 1.54) is 15.6 Å². The fourth-order valence-electron chi connectivity index (χ4n) is 2.11. The Balaban J connectivity index is 2.31. The van der Waals surface area contributed by atoms with Crippen LogP contribution in [0.25, 0.3) is 0 Å². The van der Waals surface area contributed by atoms with Crippen molar-refractivity contribution in [3.05, 3.63) is 14.7 Å². The Hall–Kier alpha value is 0.530. The summed E-state index contributed by atoms with van der Waals surface area (Å²) in [6.45, 7) is 4.52. The van der Waals surface area contributed by atoms with Crippen LogP contribution < -0.4 is 0 Å². The smallest absolute Gasteiger partial charge is 0.244 e. The summed E-state index contributed by atoms with van der Waals surface area (Å²) in [5.41, 5.74) is 0. The van der Waals surface area contributed by atoms with Crippen LogP contribution in [0.3, 0.4) is 0 Å². The van der Waals surface area contributed by atoms with Gasteiger partial charge in [-0.2, -0.15) is 4.31 Å². The van der Waals surface area contributed by atoms with E-state index in [9.17, 15) is 8.42 Å². The van der Waals surface area contributed by atoms with Gasteiger partial charge in [-0.3, -0.25) is 0 Å². The lowest BCUT2D eigenvalue weighted by Crippen LogP contribution is -2.49. The van der Waals surface area contributed by atoms with Crippen LogP contribution in [-0.2, 0) is 14.8 Å². The van der Waals surface area contributed by atoms with Crippen LogP contribution in [0.1, 0.15) is 11.8 Å². The van der Waals surface area contributed by atoms with E-state index in [1.807, 2.05) is 13.8 Å². The summed E-state index contributed by atoms with van der Waals surface area (Å²) in [4.78, 5) is 1.20. The molecule has 1 aromatic heterocycles. The van der Waals surface area contributed by atoms with Crippen molar-refractivity contribution in [2.75, 3.05) is 18.4 Å². The monoisotopic (exact) mass is 431 g/mol. The minimum Gasteiger partial charge on any atom is -0.372 e. The fourth-order valence-corrected chi connectivity index (χ4v) is 6.40. The molecule has 0 aliphatic carbocycles. The summed E-state index contributed by atoms with van der Waals surface area (Å²) < 4.78 is 33.4. The van der Waals surface area contributed by atoms with E-state index in [0.717, 1.165) is 8.66 Å². The Kier molecular flexibility index (Phi) is 5.12. The fraction of sp³-hybridized carbons (Fsp3) is 0.636. The molecule has 4 nitrogen and oxygen atoms in total. The molecule has 1 aromatic rings. The maximum Gasteiger partial charge on any atom is 0.244 e. The summed E-state index contributed by atoms with van der Waals surface area (Å²) in [5, 5.41) is 0.635. The molecule has 0 saturated carbocycles. The number of nitrogens with zero attached hydrogens (tertiary/aromatic N) is 1. The second-order valence-corrected chi connectivity index (χ2v) is 9.71. The molecule has 0 aromatic carbocycles. The van der Waals surface area contributed by atoms with Crippen molar-refractivity contribution in [3.8, 4) is 0 Å². The molecule has 108 valence electrons. The summed E-state index contributed by atoms with van der Waals surface area (Å²) in [6.07, 6.45) is -0.186. The molecule has 8 heteroatoms. The number of morpholine rings is 1. The van der Waals surface area contributed by atoms with Gasteiger partial charge in [0.2, 0.25) is 10.0 Å². The van der Waals surface area contributed by atoms with Crippen molar-refractivity contribution in [3.63, 3.8) is 0 Å². The maximum atomic E-state index is 12.7. The Labute approximate surface area is 134 Å². The first kappa shape index (κ1) is 15.9. The molecule has 1 aliphatic rings. The number of aryl methyl sites for hydroxylation is 1. The third kappa shape index (κ3) is 3.41. The SMILES string of the molecule is Cc1sc(Br)cc1S(=O)(=O)N1CC(C)OC(CBr)C1. The highest BCUT2D eigenvalue weighted by atomic mass is 79.9. The zero-order valence-electron chi connectivity index (χ0n) is 10.6. The first-order chi connectivity index (χ1) is 8.84. The summed E-state index contributed by atoms with van der Waals surface area (Å²) in [5.74, 6) is 0. The van der Waals surface area contributed by atoms with E-state index >= 15 is 0 Å². The first-order valence-corrected chi connectivity index (χ1v) is 9.99. The lowest BCUT2D eigenvalue weighted by Gasteiger charge is -2.35. The van der Waals surface area contributed by atoms with Crippen LogP contribution in [0.5, 0.6) is 0 Å². The van der Waals surface area contributed by atoms with Crippen molar-refractivity contribution >= 4 is 53.2 Å². The van der Waals surface area contributed by atoms with Crippen molar-refractivity contribution in [2.45, 2.75) is 31.0 Å². The number of ether oxygens (including phenoxy) is 1. The maximum absolute atomic E-state index is 12.7. The largest absolute Gasteiger partial charge is 0.372 e. The van der Waals surface area contributed by atoms with E-state index in [-0.39, 0.29) is 12.2 Å². The molecule has 1 saturated heterocycles. The molecule has 0 spiro atoms. The van der Waals surface area contributed by atoms with Crippen LogP contribution in [0.15, 0.2) is 14.7 Å². The van der Waals surface area contributed by atoms with E-state index in [1.54, 1.807) is 6.07 Å². The zero-order chi connectivity index (χ0) is 14.2. The average molecular weight is 433 g/mol. The highest BCUT2D eigenvalue weighted by Gasteiger charge is 2.34. The first-order valence-electron chi connectivity index (χ1n) is 5.82. The van der Waals surface area contributed by atoms with Crippen molar-refractivity contribution in [1.29, 1.82) is 0 Å². The quantitative estimate of drug-likeness (QED) is 0.689. The van der Waals surface area contributed by atoms with Gasteiger partial charge < -0.3 is 4.74 Å². The standard InChI is InChI=1S/C11H15Br2NO3S2/c1-7-5-14(6-9(4-12)17-7)19(15,16)10-3-11(13)18-8(10)2/h3,7,9H,4-6H2,1-2H3. The van der Waals surface area contributed by atoms with Crippen molar-refractivity contribution < 1.29 is 13.2 Å². The molecule has 1 fully saturated rings. The zero-order valence-corrected chi connectivity index (χ0v) is 15.4. The molecule has 0 amide bonds. The number of thiophene rings is 1. The number of halogens is 2. The van der Waals surface area contributed by atoms with E-state index < -0.39 is 10.0 Å². The van der Waals surface area contributed by atoms with Crippen LogP contribution >= 0.6 is 43.2 Å². The van der Waals surface area contributed by atoms with Gasteiger partial charge in [-0.15, -0.1) is 11.3 Å². The Morgan fingerprint density at radius 2 is 2.21 bits per heavy atom. The van der Waals surface area contributed by atoms with Gasteiger partial charge in [0.15, 0.2) is 0 Å². The third-order valence-corrected chi connectivity index (χ3v) is 7.29. The van der Waals surface area contributed by atoms with E-state index in [4.69, 9.17) is 4.74 Å². The molecule has 2 rings (SSSR count). The van der Waals surface area contributed by atoms with Crippen LogP contribution in [0.4, 0.5) is 0 Å². The number of hydrogen-bond acceptors (Lipinski definition) is 4. The second-order valence-electron chi connectivity index (χ2n) is 4.52. The molecular weight excluding hydrogens is 418 g/mol. The Bertz CT molecular complexity index is 558. The van der Waals surface area contributed by atoms with Crippen LogP contribution in [0.2, 0.25) is 0 Å². The lowest BCUT2D eigenvalue weighted by atomic mass is 10.3. The molecule has 19 heavy (non-hydrogen) atoms. The van der Waals surface area contributed by atoms with Gasteiger partial charge in [-0.1, -0.05) is 15.9 Å². The normalized spacial score (nSPS) is 25.7. The van der Waals surface area contributed by atoms with Crippen molar-refractivity contribution in [2.24, 2.45) is 0 Å². The predicted molar refractivity (Wildman–Crippen MR) is 83.6 cm³/mol.